The van der Waals surface area contributed by atoms with E-state index in [1.807, 2.05) is 43.3 Å². The van der Waals surface area contributed by atoms with Gasteiger partial charge < -0.3 is 5.11 Å². The molecule has 2 unspecified atom stereocenters. The number of benzene rings is 1. The van der Waals surface area contributed by atoms with Gasteiger partial charge in [-0.05, 0) is 25.6 Å². The van der Waals surface area contributed by atoms with Gasteiger partial charge in [-0.2, -0.15) is 0 Å². The summed E-state index contributed by atoms with van der Waals surface area (Å²) in [6.45, 7) is 2.00. The number of carboxylic acids is 1. The van der Waals surface area contributed by atoms with Gasteiger partial charge in [0.2, 0.25) is 0 Å². The molecule has 0 aliphatic carbocycles. The second-order valence-corrected chi connectivity index (χ2v) is 5.45. The number of carboxylic acid groups (broad SMARTS) is 1. The van der Waals surface area contributed by atoms with Crippen molar-refractivity contribution in [1.82, 2.24) is 9.88 Å². The minimum absolute atomic E-state index is 0.328. The molecule has 0 spiro atoms. The lowest BCUT2D eigenvalue weighted by molar-refractivity contribution is -0.140. The van der Waals surface area contributed by atoms with Crippen molar-refractivity contribution in [2.75, 3.05) is 7.05 Å². The van der Waals surface area contributed by atoms with E-state index in [1.54, 1.807) is 24.3 Å². The van der Waals surface area contributed by atoms with E-state index in [0.29, 0.717) is 5.71 Å². The number of aryl methyl sites for hydroxylation is 1. The van der Waals surface area contributed by atoms with Gasteiger partial charge in [0.25, 0.3) is 0 Å². The van der Waals surface area contributed by atoms with Gasteiger partial charge in [-0.3, -0.25) is 19.7 Å². The van der Waals surface area contributed by atoms with E-state index < -0.39 is 12.0 Å². The van der Waals surface area contributed by atoms with Gasteiger partial charge in [-0.15, -0.1) is 0 Å². The number of hydrogen-bond donors (Lipinski definition) is 1. The van der Waals surface area contributed by atoms with Crippen LogP contribution in [0.3, 0.4) is 0 Å². The lowest BCUT2D eigenvalue weighted by Gasteiger charge is -2.22. The lowest BCUT2D eigenvalue weighted by Crippen LogP contribution is -2.40. The van der Waals surface area contributed by atoms with Gasteiger partial charge in [-0.1, -0.05) is 35.9 Å². The number of hydrogen-bond acceptors (Lipinski definition) is 4. The van der Waals surface area contributed by atoms with Gasteiger partial charge in [0.15, 0.2) is 6.04 Å². The average molecular weight is 295 g/mol. The molecule has 112 valence electrons. The first-order valence-corrected chi connectivity index (χ1v) is 7.07. The van der Waals surface area contributed by atoms with Crippen LogP contribution in [0.25, 0.3) is 0 Å². The first kappa shape index (κ1) is 14.4. The first-order chi connectivity index (χ1) is 10.6. The van der Waals surface area contributed by atoms with Gasteiger partial charge in [0.05, 0.1) is 5.71 Å². The molecule has 0 amide bonds. The number of nitrogens with zero attached hydrogens (tertiary/aromatic N) is 3. The summed E-state index contributed by atoms with van der Waals surface area (Å²) in [6.07, 6.45) is 3.09. The standard InChI is InChI=1S/C17H17N3O2/c1-11-5-7-12(8-6-11)14-15(17(21)22)20(2)16(19-14)13-4-3-9-18-10-13/h3-10,15-16H,1-2H3,(H,21,22). The highest BCUT2D eigenvalue weighted by molar-refractivity contribution is 6.15. The summed E-state index contributed by atoms with van der Waals surface area (Å²) in [4.78, 5) is 22.2. The fourth-order valence-corrected chi connectivity index (χ4v) is 2.71. The topological polar surface area (TPSA) is 65.8 Å². The third-order valence-electron chi connectivity index (χ3n) is 3.88. The summed E-state index contributed by atoms with van der Waals surface area (Å²) >= 11 is 0. The number of pyridine rings is 1. The summed E-state index contributed by atoms with van der Waals surface area (Å²) in [7, 11) is 1.78. The van der Waals surface area contributed by atoms with Crippen LogP contribution in [0.2, 0.25) is 0 Å². The minimum Gasteiger partial charge on any atom is -0.480 e. The van der Waals surface area contributed by atoms with Crippen LogP contribution in [0, 0.1) is 6.92 Å². The Kier molecular flexibility index (Phi) is 3.73. The predicted molar refractivity (Wildman–Crippen MR) is 83.9 cm³/mol. The number of aromatic nitrogens is 1. The van der Waals surface area contributed by atoms with E-state index in [4.69, 9.17) is 0 Å². The van der Waals surface area contributed by atoms with Gasteiger partial charge >= 0.3 is 5.97 Å². The van der Waals surface area contributed by atoms with Crippen LogP contribution in [-0.2, 0) is 4.79 Å². The quantitative estimate of drug-likeness (QED) is 0.943. The maximum atomic E-state index is 11.7. The molecular formula is C17H17N3O2. The third-order valence-corrected chi connectivity index (χ3v) is 3.88. The van der Waals surface area contributed by atoms with Crippen molar-refractivity contribution in [1.29, 1.82) is 0 Å². The molecule has 2 aromatic rings. The van der Waals surface area contributed by atoms with Crippen molar-refractivity contribution in [3.05, 3.63) is 65.5 Å². The molecule has 1 aliphatic heterocycles. The Labute approximate surface area is 129 Å². The fraction of sp³-hybridized carbons (Fsp3) is 0.235. The Morgan fingerprint density at radius 2 is 1.95 bits per heavy atom. The SMILES string of the molecule is Cc1ccc(C2=NC(c3cccnc3)N(C)C2C(=O)O)cc1. The molecule has 2 atom stereocenters. The fourth-order valence-electron chi connectivity index (χ4n) is 2.71. The molecule has 1 aromatic carbocycles. The number of likely N-dealkylation sites (N-methyl/N-ethyl adjacent to an activating group) is 1. The lowest BCUT2D eigenvalue weighted by atomic mass is 10.0. The Morgan fingerprint density at radius 1 is 1.23 bits per heavy atom. The molecule has 1 aliphatic rings. The average Bonchev–Trinajstić information content (AvgIpc) is 2.86. The molecule has 1 N–H and O–H groups in total. The highest BCUT2D eigenvalue weighted by atomic mass is 16.4. The Morgan fingerprint density at radius 3 is 2.55 bits per heavy atom. The zero-order chi connectivity index (χ0) is 15.7. The zero-order valence-corrected chi connectivity index (χ0v) is 12.5. The third kappa shape index (κ3) is 2.51. The van der Waals surface area contributed by atoms with Crippen LogP contribution in [0.1, 0.15) is 22.9 Å². The van der Waals surface area contributed by atoms with Gasteiger partial charge in [0.1, 0.15) is 6.17 Å². The molecule has 0 fully saturated rings. The number of aliphatic carboxylic acids is 1. The summed E-state index contributed by atoms with van der Waals surface area (Å²) in [5.74, 6) is -0.895. The highest BCUT2D eigenvalue weighted by Gasteiger charge is 2.39. The Bertz CT molecular complexity index is 710. The maximum absolute atomic E-state index is 11.7. The van der Waals surface area contributed by atoms with E-state index in [0.717, 1.165) is 16.7 Å². The molecular weight excluding hydrogens is 278 g/mol. The van der Waals surface area contributed by atoms with Crippen molar-refractivity contribution in [2.24, 2.45) is 4.99 Å². The molecule has 0 saturated carbocycles. The highest BCUT2D eigenvalue weighted by Crippen LogP contribution is 2.31. The molecule has 1 aromatic heterocycles. The van der Waals surface area contributed by atoms with Crippen molar-refractivity contribution in [3.8, 4) is 0 Å². The monoisotopic (exact) mass is 295 g/mol. The van der Waals surface area contributed by atoms with Crippen LogP contribution in [0.4, 0.5) is 0 Å². The molecule has 0 saturated heterocycles. The van der Waals surface area contributed by atoms with Crippen LogP contribution >= 0.6 is 0 Å². The van der Waals surface area contributed by atoms with E-state index in [1.165, 1.54) is 0 Å². The van der Waals surface area contributed by atoms with Crippen molar-refractivity contribution < 1.29 is 9.90 Å². The summed E-state index contributed by atoms with van der Waals surface area (Å²) in [6, 6.07) is 10.8. The normalized spacial score (nSPS) is 21.6. The van der Waals surface area contributed by atoms with E-state index >= 15 is 0 Å². The molecule has 5 nitrogen and oxygen atoms in total. The second kappa shape index (κ2) is 5.69. The Hall–Kier alpha value is -2.53. The molecule has 0 radical (unpaired) electrons. The maximum Gasteiger partial charge on any atom is 0.327 e. The number of rotatable bonds is 3. The molecule has 2 heterocycles. The van der Waals surface area contributed by atoms with Crippen LogP contribution < -0.4 is 0 Å². The molecule has 22 heavy (non-hydrogen) atoms. The Balaban J connectivity index is 2.05. The van der Waals surface area contributed by atoms with Crippen molar-refractivity contribution >= 4 is 11.7 Å². The summed E-state index contributed by atoms with van der Waals surface area (Å²) < 4.78 is 0. The van der Waals surface area contributed by atoms with E-state index in [9.17, 15) is 9.90 Å². The molecule has 3 rings (SSSR count). The van der Waals surface area contributed by atoms with Gasteiger partial charge in [0, 0.05) is 18.0 Å². The molecule has 0 bridgehead atoms. The zero-order valence-electron chi connectivity index (χ0n) is 12.5. The summed E-state index contributed by atoms with van der Waals surface area (Å²) in [5.41, 5.74) is 3.45. The predicted octanol–water partition coefficient (Wildman–Crippen LogP) is 2.28. The van der Waals surface area contributed by atoms with E-state index in [2.05, 4.69) is 9.98 Å². The van der Waals surface area contributed by atoms with Crippen LogP contribution in [0.5, 0.6) is 0 Å². The first-order valence-electron chi connectivity index (χ1n) is 7.07. The van der Waals surface area contributed by atoms with Crippen LogP contribution in [0.15, 0.2) is 53.8 Å². The smallest absolute Gasteiger partial charge is 0.327 e. The second-order valence-electron chi connectivity index (χ2n) is 5.45. The number of carbonyl (C=O) groups is 1. The largest absolute Gasteiger partial charge is 0.480 e. The van der Waals surface area contributed by atoms with Crippen molar-refractivity contribution in [2.45, 2.75) is 19.1 Å². The van der Waals surface area contributed by atoms with Crippen molar-refractivity contribution in [3.63, 3.8) is 0 Å². The van der Waals surface area contributed by atoms with E-state index in [-0.39, 0.29) is 6.17 Å². The summed E-state index contributed by atoms with van der Waals surface area (Å²) in [5, 5.41) is 9.60. The van der Waals surface area contributed by atoms with Crippen LogP contribution in [-0.4, -0.2) is 39.8 Å². The van der Waals surface area contributed by atoms with Gasteiger partial charge in [-0.25, -0.2) is 0 Å². The molecule has 5 heteroatoms. The minimum atomic E-state index is -0.895. The number of aliphatic imine (C=N–C) groups is 1.